The minimum Gasteiger partial charge on any atom is -0.317 e. The first-order valence-electron chi connectivity index (χ1n) is 7.85. The third-order valence-electron chi connectivity index (χ3n) is 5.35. The maximum Gasteiger partial charge on any atom is 0.00124 e. The zero-order valence-corrected chi connectivity index (χ0v) is 11.2. The number of hydrogen-bond donors (Lipinski definition) is 1. The van der Waals surface area contributed by atoms with E-state index in [1.54, 1.807) is 0 Å². The molecule has 0 unspecified atom stereocenters. The molecule has 0 radical (unpaired) electrons. The predicted molar refractivity (Wildman–Crippen MR) is 72.1 cm³/mol. The lowest BCUT2D eigenvalue weighted by Gasteiger charge is -2.42. The first-order chi connectivity index (χ1) is 8.42. The fourth-order valence-electron chi connectivity index (χ4n) is 4.27. The van der Waals surface area contributed by atoms with Gasteiger partial charge in [0.2, 0.25) is 0 Å². The Bertz CT molecular complexity index is 233. The first kappa shape index (κ1) is 12.0. The molecule has 2 heterocycles. The molecule has 2 atom stereocenters. The smallest absolute Gasteiger partial charge is 0.00124 e. The molecule has 17 heavy (non-hydrogen) atoms. The van der Waals surface area contributed by atoms with Crippen molar-refractivity contribution in [3.05, 3.63) is 0 Å². The summed E-state index contributed by atoms with van der Waals surface area (Å²) < 4.78 is 0. The Balaban J connectivity index is 1.48. The van der Waals surface area contributed by atoms with Crippen LogP contribution in [0.3, 0.4) is 0 Å². The number of hydrogen-bond acceptors (Lipinski definition) is 2. The van der Waals surface area contributed by atoms with Gasteiger partial charge in [0.25, 0.3) is 0 Å². The molecular formula is C15H28N2. The maximum absolute atomic E-state index is 3.48. The van der Waals surface area contributed by atoms with Gasteiger partial charge in [-0.1, -0.05) is 19.3 Å². The summed E-state index contributed by atoms with van der Waals surface area (Å²) in [7, 11) is 0. The molecule has 0 amide bonds. The van der Waals surface area contributed by atoms with E-state index in [-0.39, 0.29) is 0 Å². The van der Waals surface area contributed by atoms with E-state index in [0.717, 1.165) is 17.8 Å². The fraction of sp³-hybridized carbons (Fsp3) is 1.00. The highest BCUT2D eigenvalue weighted by molar-refractivity contribution is 4.84. The zero-order chi connectivity index (χ0) is 11.5. The van der Waals surface area contributed by atoms with Gasteiger partial charge in [0.1, 0.15) is 0 Å². The third-order valence-corrected chi connectivity index (χ3v) is 5.35. The van der Waals surface area contributed by atoms with Gasteiger partial charge in [-0.3, -0.25) is 0 Å². The Labute approximate surface area is 106 Å². The van der Waals surface area contributed by atoms with Crippen LogP contribution in [0.15, 0.2) is 0 Å². The molecule has 2 nitrogen and oxygen atoms in total. The van der Waals surface area contributed by atoms with E-state index >= 15 is 0 Å². The lowest BCUT2D eigenvalue weighted by molar-refractivity contribution is 0.0714. The number of rotatable bonds is 2. The summed E-state index contributed by atoms with van der Waals surface area (Å²) in [6.45, 7) is 6.72. The lowest BCUT2D eigenvalue weighted by Crippen LogP contribution is -2.45. The second-order valence-corrected chi connectivity index (χ2v) is 6.55. The molecule has 0 aromatic carbocycles. The Kier molecular flexibility index (Phi) is 4.02. The monoisotopic (exact) mass is 236 g/mol. The summed E-state index contributed by atoms with van der Waals surface area (Å²) in [4.78, 5) is 2.79. The molecule has 1 saturated carbocycles. The average Bonchev–Trinajstić information content (AvgIpc) is 2.40. The Hall–Kier alpha value is -0.0800. The molecule has 98 valence electrons. The second-order valence-electron chi connectivity index (χ2n) is 6.55. The van der Waals surface area contributed by atoms with E-state index < -0.39 is 0 Å². The van der Waals surface area contributed by atoms with Gasteiger partial charge < -0.3 is 10.2 Å². The third kappa shape index (κ3) is 3.03. The van der Waals surface area contributed by atoms with Gasteiger partial charge >= 0.3 is 0 Å². The van der Waals surface area contributed by atoms with Crippen molar-refractivity contribution in [2.24, 2.45) is 17.8 Å². The van der Waals surface area contributed by atoms with Crippen molar-refractivity contribution >= 4 is 0 Å². The molecule has 2 aliphatic heterocycles. The SMILES string of the molecule is C1CC[C@@H]2CN(CC3CCNCC3)CC[C@H]2C1. The van der Waals surface area contributed by atoms with Gasteiger partial charge in [-0.2, -0.15) is 0 Å². The normalized spacial score (nSPS) is 36.7. The van der Waals surface area contributed by atoms with Crippen LogP contribution < -0.4 is 5.32 Å². The fourth-order valence-corrected chi connectivity index (χ4v) is 4.27. The summed E-state index contributed by atoms with van der Waals surface area (Å²) in [6, 6.07) is 0. The molecule has 3 rings (SSSR count). The molecule has 2 heteroatoms. The second kappa shape index (κ2) is 5.71. The molecular weight excluding hydrogens is 208 g/mol. The van der Waals surface area contributed by atoms with Gasteiger partial charge in [-0.05, 0) is 63.1 Å². The maximum atomic E-state index is 3.48. The summed E-state index contributed by atoms with van der Waals surface area (Å²) in [5, 5.41) is 3.48. The van der Waals surface area contributed by atoms with Gasteiger partial charge in [-0.15, -0.1) is 0 Å². The summed E-state index contributed by atoms with van der Waals surface area (Å²) in [5.74, 6) is 3.13. The highest BCUT2D eigenvalue weighted by atomic mass is 15.1. The van der Waals surface area contributed by atoms with E-state index in [2.05, 4.69) is 10.2 Å². The van der Waals surface area contributed by atoms with Crippen molar-refractivity contribution in [3.8, 4) is 0 Å². The van der Waals surface area contributed by atoms with Crippen LogP contribution in [0.25, 0.3) is 0 Å². The molecule has 3 aliphatic rings. The van der Waals surface area contributed by atoms with Crippen molar-refractivity contribution in [2.75, 3.05) is 32.7 Å². The van der Waals surface area contributed by atoms with Gasteiger partial charge in [-0.25, -0.2) is 0 Å². The van der Waals surface area contributed by atoms with E-state index in [4.69, 9.17) is 0 Å². The molecule has 0 bridgehead atoms. The molecule has 1 aliphatic carbocycles. The minimum atomic E-state index is 0.983. The first-order valence-corrected chi connectivity index (χ1v) is 7.85. The molecule has 0 aromatic rings. The van der Waals surface area contributed by atoms with Crippen molar-refractivity contribution in [2.45, 2.75) is 44.9 Å². The van der Waals surface area contributed by atoms with Gasteiger partial charge in [0.05, 0.1) is 0 Å². The summed E-state index contributed by atoms with van der Waals surface area (Å²) in [6.07, 6.45) is 10.4. The van der Waals surface area contributed by atoms with Gasteiger partial charge in [0, 0.05) is 13.1 Å². The van der Waals surface area contributed by atoms with Crippen molar-refractivity contribution in [1.82, 2.24) is 10.2 Å². The van der Waals surface area contributed by atoms with E-state index in [1.807, 2.05) is 0 Å². The van der Waals surface area contributed by atoms with E-state index in [9.17, 15) is 0 Å². The quantitative estimate of drug-likeness (QED) is 0.792. The molecule has 3 fully saturated rings. The zero-order valence-electron chi connectivity index (χ0n) is 11.2. The highest BCUT2D eigenvalue weighted by Gasteiger charge is 2.31. The van der Waals surface area contributed by atoms with E-state index in [0.29, 0.717) is 0 Å². The van der Waals surface area contributed by atoms with Crippen LogP contribution in [-0.2, 0) is 0 Å². The van der Waals surface area contributed by atoms with Crippen LogP contribution in [0.2, 0.25) is 0 Å². The van der Waals surface area contributed by atoms with Crippen LogP contribution in [0.1, 0.15) is 44.9 Å². The van der Waals surface area contributed by atoms with Crippen molar-refractivity contribution in [1.29, 1.82) is 0 Å². The molecule has 1 N–H and O–H groups in total. The van der Waals surface area contributed by atoms with Gasteiger partial charge in [0.15, 0.2) is 0 Å². The Morgan fingerprint density at radius 3 is 2.47 bits per heavy atom. The predicted octanol–water partition coefficient (Wildman–Crippen LogP) is 2.50. The largest absolute Gasteiger partial charge is 0.317 e. The average molecular weight is 236 g/mol. The Morgan fingerprint density at radius 2 is 1.65 bits per heavy atom. The number of piperidine rings is 2. The minimum absolute atomic E-state index is 0.983. The number of nitrogens with zero attached hydrogens (tertiary/aromatic N) is 1. The van der Waals surface area contributed by atoms with Crippen LogP contribution in [-0.4, -0.2) is 37.6 Å². The van der Waals surface area contributed by atoms with Crippen LogP contribution in [0, 0.1) is 17.8 Å². The standard InChI is InChI=1S/C15H28N2/c1-2-4-15-12-17(10-7-14(15)3-1)11-13-5-8-16-9-6-13/h13-16H,1-12H2/t14-,15-/m1/s1. The van der Waals surface area contributed by atoms with E-state index in [1.165, 1.54) is 77.7 Å². The Morgan fingerprint density at radius 1 is 0.882 bits per heavy atom. The number of fused-ring (bicyclic) bond motifs is 1. The van der Waals surface area contributed by atoms with Crippen LogP contribution >= 0.6 is 0 Å². The number of nitrogens with one attached hydrogen (secondary N) is 1. The molecule has 0 aromatic heterocycles. The number of likely N-dealkylation sites (tertiary alicyclic amines) is 1. The summed E-state index contributed by atoms with van der Waals surface area (Å²) >= 11 is 0. The van der Waals surface area contributed by atoms with Crippen molar-refractivity contribution in [3.63, 3.8) is 0 Å². The van der Waals surface area contributed by atoms with Crippen LogP contribution in [0.4, 0.5) is 0 Å². The lowest BCUT2D eigenvalue weighted by atomic mass is 9.75. The topological polar surface area (TPSA) is 15.3 Å². The molecule has 0 spiro atoms. The highest BCUT2D eigenvalue weighted by Crippen LogP contribution is 2.36. The molecule has 2 saturated heterocycles. The van der Waals surface area contributed by atoms with Crippen LogP contribution in [0.5, 0.6) is 0 Å². The summed E-state index contributed by atoms with van der Waals surface area (Å²) in [5.41, 5.74) is 0. The van der Waals surface area contributed by atoms with Crippen molar-refractivity contribution < 1.29 is 0 Å².